The average molecular weight is 192 g/mol. The van der Waals surface area contributed by atoms with Crippen LogP contribution in [0.5, 0.6) is 5.75 Å². The largest absolute Gasteiger partial charge is 0.860 e. The highest BCUT2D eigenvalue weighted by Gasteiger charge is 2.12. The maximum Gasteiger partial charge on any atom is 0.133 e. The Bertz CT molecular complexity index is 287. The van der Waals surface area contributed by atoms with E-state index in [1.54, 1.807) is 12.1 Å². The first-order valence-electron chi connectivity index (χ1n) is 4.48. The third-order valence-electron chi connectivity index (χ3n) is 1.95. The summed E-state index contributed by atoms with van der Waals surface area (Å²) in [5.41, 5.74) is 1.20. The molecule has 0 amide bonds. The normalized spacial score (nSPS) is 11.2. The fourth-order valence-electron chi connectivity index (χ4n) is 1.14. The second kappa shape index (κ2) is 4.03. The van der Waals surface area contributed by atoms with Crippen molar-refractivity contribution in [2.24, 2.45) is 0 Å². The summed E-state index contributed by atoms with van der Waals surface area (Å²) in [5, 5.41) is 20.4. The molecule has 0 aliphatic heterocycles. The van der Waals surface area contributed by atoms with Crippen molar-refractivity contribution in [2.45, 2.75) is 26.2 Å². The molecule has 76 valence electrons. The van der Waals surface area contributed by atoms with Crippen LogP contribution in [0.1, 0.15) is 26.3 Å². The Labute approximate surface area is 84.5 Å². The van der Waals surface area contributed by atoms with Crippen molar-refractivity contribution in [2.75, 3.05) is 0 Å². The van der Waals surface area contributed by atoms with Crippen molar-refractivity contribution in [3.05, 3.63) is 29.8 Å². The van der Waals surface area contributed by atoms with Gasteiger partial charge in [0.15, 0.2) is 0 Å². The molecule has 4 heteroatoms. The van der Waals surface area contributed by atoms with Gasteiger partial charge in [0.05, 0.1) is 5.75 Å². The maximum absolute atomic E-state index is 10.2. The van der Waals surface area contributed by atoms with Crippen LogP contribution < -0.4 is 14.7 Å². The Morgan fingerprint density at radius 3 is 1.93 bits per heavy atom. The molecule has 0 fully saturated rings. The Morgan fingerprint density at radius 2 is 1.57 bits per heavy atom. The predicted octanol–water partition coefficient (Wildman–Crippen LogP) is 0.0684. The van der Waals surface area contributed by atoms with E-state index in [2.05, 4.69) is 25.4 Å². The molecule has 0 saturated heterocycles. The highest BCUT2D eigenvalue weighted by Crippen LogP contribution is 2.23. The highest BCUT2D eigenvalue weighted by molar-refractivity contribution is 6.29. The van der Waals surface area contributed by atoms with Gasteiger partial charge in [-0.3, -0.25) is 0 Å². The van der Waals surface area contributed by atoms with Gasteiger partial charge >= 0.3 is 0 Å². The van der Waals surface area contributed by atoms with Crippen LogP contribution in [0.15, 0.2) is 24.3 Å². The summed E-state index contributed by atoms with van der Waals surface area (Å²) in [7, 11) is -2.25. The van der Waals surface area contributed by atoms with E-state index in [0.29, 0.717) is 5.75 Å². The molecule has 0 N–H and O–H groups in total. The fourth-order valence-corrected chi connectivity index (χ4v) is 1.14. The number of hydrogen-bond donors (Lipinski definition) is 0. The highest BCUT2D eigenvalue weighted by atomic mass is 16.6. The van der Waals surface area contributed by atoms with Gasteiger partial charge in [-0.15, -0.1) is 0 Å². The first kappa shape index (κ1) is 11.1. The van der Waals surface area contributed by atoms with Gasteiger partial charge < -0.3 is 14.7 Å². The molecule has 1 aromatic rings. The van der Waals surface area contributed by atoms with Gasteiger partial charge in [0, 0.05) is 0 Å². The first-order chi connectivity index (χ1) is 6.39. The summed E-state index contributed by atoms with van der Waals surface area (Å²) >= 11 is 0. The summed E-state index contributed by atoms with van der Waals surface area (Å²) in [6.45, 7) is 6.27. The van der Waals surface area contributed by atoms with Crippen molar-refractivity contribution >= 4 is 7.32 Å². The molecule has 0 saturated carbocycles. The number of hydrogen-bond acceptors (Lipinski definition) is 3. The molecule has 0 aliphatic carbocycles. The Kier molecular flexibility index (Phi) is 3.19. The summed E-state index contributed by atoms with van der Waals surface area (Å²) < 4.78 is 4.47. The molecule has 0 atom stereocenters. The second-order valence-electron chi connectivity index (χ2n) is 4.18. The van der Waals surface area contributed by atoms with Crippen LogP contribution in [0.25, 0.3) is 0 Å². The molecule has 0 bridgehead atoms. The molecule has 0 aliphatic rings. The molecular formula is C10H13BO3-2. The molecule has 14 heavy (non-hydrogen) atoms. The molecule has 3 nitrogen and oxygen atoms in total. The van der Waals surface area contributed by atoms with Crippen LogP contribution in [0.2, 0.25) is 0 Å². The lowest BCUT2D eigenvalue weighted by Crippen LogP contribution is -2.50. The van der Waals surface area contributed by atoms with Crippen molar-refractivity contribution in [1.82, 2.24) is 0 Å². The summed E-state index contributed by atoms with van der Waals surface area (Å²) in [5.74, 6) is 0.327. The fraction of sp³-hybridized carbons (Fsp3) is 0.400. The zero-order valence-corrected chi connectivity index (χ0v) is 8.61. The zero-order chi connectivity index (χ0) is 10.8. The minimum absolute atomic E-state index is 0.0624. The summed E-state index contributed by atoms with van der Waals surface area (Å²) in [6, 6.07) is 7.00. The van der Waals surface area contributed by atoms with Crippen LogP contribution in [0, 0.1) is 0 Å². The quantitative estimate of drug-likeness (QED) is 0.623. The zero-order valence-electron chi connectivity index (χ0n) is 8.61. The third-order valence-corrected chi connectivity index (χ3v) is 1.95. The van der Waals surface area contributed by atoms with E-state index >= 15 is 0 Å². The van der Waals surface area contributed by atoms with Gasteiger partial charge in [0.25, 0.3) is 0 Å². The molecule has 0 heterocycles. The summed E-state index contributed by atoms with van der Waals surface area (Å²) in [6.07, 6.45) is 0. The summed E-state index contributed by atoms with van der Waals surface area (Å²) in [4.78, 5) is 0. The van der Waals surface area contributed by atoms with E-state index in [1.807, 2.05) is 12.1 Å². The Morgan fingerprint density at radius 1 is 1.07 bits per heavy atom. The van der Waals surface area contributed by atoms with Crippen molar-refractivity contribution in [3.8, 4) is 5.75 Å². The average Bonchev–Trinajstić information content (AvgIpc) is 2.02. The number of rotatable bonds is 2. The lowest BCUT2D eigenvalue weighted by atomic mass is 9.87. The second-order valence-corrected chi connectivity index (χ2v) is 4.18. The van der Waals surface area contributed by atoms with Crippen molar-refractivity contribution in [3.63, 3.8) is 0 Å². The first-order valence-corrected chi connectivity index (χ1v) is 4.48. The molecule has 1 rings (SSSR count). The third kappa shape index (κ3) is 3.05. The molecule has 0 aromatic heterocycles. The Hall–Kier alpha value is -0.995. The van der Waals surface area contributed by atoms with Crippen LogP contribution in [-0.4, -0.2) is 7.32 Å². The van der Waals surface area contributed by atoms with Crippen LogP contribution in [0.4, 0.5) is 0 Å². The SMILES string of the molecule is CC(C)(C)c1ccc(OB([O-])[O-])cc1. The van der Waals surface area contributed by atoms with E-state index in [0.717, 1.165) is 5.56 Å². The van der Waals surface area contributed by atoms with Gasteiger partial charge in [-0.25, -0.2) is 0 Å². The van der Waals surface area contributed by atoms with Crippen LogP contribution >= 0.6 is 0 Å². The van der Waals surface area contributed by atoms with E-state index in [-0.39, 0.29) is 5.41 Å². The molecule has 0 unspecified atom stereocenters. The monoisotopic (exact) mass is 192 g/mol. The standard InChI is InChI=1S/C10H13BO3/c1-10(2,3)8-4-6-9(7-5-8)14-11(12)13/h4-7H,1-3H3/q-2. The molecule has 0 spiro atoms. The van der Waals surface area contributed by atoms with E-state index in [4.69, 9.17) is 0 Å². The molecule has 1 aromatic carbocycles. The Balaban J connectivity index is 2.79. The minimum atomic E-state index is -2.25. The molecule has 0 radical (unpaired) electrons. The van der Waals surface area contributed by atoms with Gasteiger partial charge in [-0.05, 0) is 23.1 Å². The lowest BCUT2D eigenvalue weighted by Gasteiger charge is -2.27. The topological polar surface area (TPSA) is 55.3 Å². The van der Waals surface area contributed by atoms with Gasteiger partial charge in [0.1, 0.15) is 7.32 Å². The van der Waals surface area contributed by atoms with Crippen LogP contribution in [0.3, 0.4) is 0 Å². The van der Waals surface area contributed by atoms with Crippen LogP contribution in [-0.2, 0) is 5.41 Å². The molecular weight excluding hydrogens is 179 g/mol. The van der Waals surface area contributed by atoms with Gasteiger partial charge in [-0.2, -0.15) is 0 Å². The smallest absolute Gasteiger partial charge is 0.133 e. The lowest BCUT2D eigenvalue weighted by molar-refractivity contribution is -0.372. The van der Waals surface area contributed by atoms with Gasteiger partial charge in [-0.1, -0.05) is 32.9 Å². The predicted molar refractivity (Wildman–Crippen MR) is 51.5 cm³/mol. The van der Waals surface area contributed by atoms with E-state index in [1.165, 1.54) is 0 Å². The van der Waals surface area contributed by atoms with E-state index < -0.39 is 7.32 Å². The minimum Gasteiger partial charge on any atom is -0.860 e. The maximum atomic E-state index is 10.2. The van der Waals surface area contributed by atoms with Crippen molar-refractivity contribution < 1.29 is 14.7 Å². The van der Waals surface area contributed by atoms with E-state index in [9.17, 15) is 10.0 Å². The number of benzene rings is 1. The van der Waals surface area contributed by atoms with Gasteiger partial charge in [0.2, 0.25) is 0 Å². The van der Waals surface area contributed by atoms with Crippen molar-refractivity contribution in [1.29, 1.82) is 0 Å².